The quantitative estimate of drug-likeness (QED) is 0.568. The van der Waals surface area contributed by atoms with Crippen molar-refractivity contribution >= 4 is 23.1 Å². The zero-order valence-corrected chi connectivity index (χ0v) is 17.1. The number of carbonyl (C=O) groups excluding carboxylic acids is 2. The Morgan fingerprint density at radius 2 is 1.97 bits per heavy atom. The molecule has 0 spiro atoms. The third-order valence-electron chi connectivity index (χ3n) is 5.15. The number of ketones is 1. The van der Waals surface area contributed by atoms with Gasteiger partial charge in [0.05, 0.1) is 11.5 Å². The van der Waals surface area contributed by atoms with Crippen LogP contribution in [0.4, 0.5) is 0 Å². The molecule has 1 aliphatic heterocycles. The first-order valence-corrected chi connectivity index (χ1v) is 10.7. The Bertz CT molecular complexity index is 960. The molecule has 0 radical (unpaired) electrons. The number of ether oxygens (including phenoxy) is 2. The van der Waals surface area contributed by atoms with Crippen molar-refractivity contribution in [2.45, 2.75) is 32.1 Å². The molecule has 1 N–H and O–H groups in total. The summed E-state index contributed by atoms with van der Waals surface area (Å²) in [6.07, 6.45) is 2.19. The zero-order valence-electron chi connectivity index (χ0n) is 16.3. The lowest BCUT2D eigenvalue weighted by Crippen LogP contribution is -2.34. The van der Waals surface area contributed by atoms with E-state index in [1.165, 1.54) is 0 Å². The van der Waals surface area contributed by atoms with Crippen molar-refractivity contribution in [2.75, 3.05) is 13.2 Å². The third-order valence-corrected chi connectivity index (χ3v) is 6.09. The Morgan fingerprint density at radius 1 is 1.14 bits per heavy atom. The largest absolute Gasteiger partial charge is 0.490 e. The van der Waals surface area contributed by atoms with Gasteiger partial charge in [0.1, 0.15) is 19.0 Å². The summed E-state index contributed by atoms with van der Waals surface area (Å²) in [6.45, 7) is 2.29. The highest BCUT2D eigenvalue weighted by Gasteiger charge is 2.39. The SMILES string of the molecule is CC1=C(C(=O)OCCOc2ccccc2)[C@@H](c2cccs2)C2=C(CCCC2=O)N1. The second-order valence-electron chi connectivity index (χ2n) is 7.08. The minimum Gasteiger partial charge on any atom is -0.490 e. The molecule has 0 saturated heterocycles. The molecule has 6 heteroatoms. The van der Waals surface area contributed by atoms with Crippen LogP contribution in [0.3, 0.4) is 0 Å². The van der Waals surface area contributed by atoms with E-state index >= 15 is 0 Å². The van der Waals surface area contributed by atoms with Crippen LogP contribution >= 0.6 is 11.3 Å². The normalized spacial score (nSPS) is 18.9. The van der Waals surface area contributed by atoms with Gasteiger partial charge in [-0.05, 0) is 43.3 Å². The molecule has 1 aromatic heterocycles. The summed E-state index contributed by atoms with van der Waals surface area (Å²) < 4.78 is 11.1. The number of Topliss-reactive ketones (excluding diaryl/α,β-unsaturated/α-hetero) is 1. The number of para-hydroxylation sites is 1. The number of thiophene rings is 1. The van der Waals surface area contributed by atoms with Gasteiger partial charge in [-0.3, -0.25) is 4.79 Å². The van der Waals surface area contributed by atoms with Gasteiger partial charge in [-0.25, -0.2) is 4.79 Å². The Balaban J connectivity index is 1.51. The van der Waals surface area contributed by atoms with E-state index in [9.17, 15) is 9.59 Å². The van der Waals surface area contributed by atoms with E-state index in [1.54, 1.807) is 11.3 Å². The Hall–Kier alpha value is -2.86. The number of nitrogens with one attached hydrogen (secondary N) is 1. The van der Waals surface area contributed by atoms with Gasteiger partial charge in [-0.1, -0.05) is 24.3 Å². The predicted molar refractivity (Wildman–Crippen MR) is 112 cm³/mol. The van der Waals surface area contributed by atoms with Gasteiger partial charge in [0.25, 0.3) is 0 Å². The molecule has 1 atom stereocenters. The van der Waals surface area contributed by atoms with Crippen LogP contribution < -0.4 is 10.1 Å². The highest BCUT2D eigenvalue weighted by molar-refractivity contribution is 7.10. The van der Waals surface area contributed by atoms with Gasteiger partial charge in [-0.2, -0.15) is 0 Å². The summed E-state index contributed by atoms with van der Waals surface area (Å²) >= 11 is 1.56. The van der Waals surface area contributed by atoms with Crippen LogP contribution in [0.15, 0.2) is 70.4 Å². The van der Waals surface area contributed by atoms with E-state index in [2.05, 4.69) is 5.32 Å². The predicted octanol–water partition coefficient (Wildman–Crippen LogP) is 4.34. The molecule has 0 fully saturated rings. The Labute approximate surface area is 174 Å². The van der Waals surface area contributed by atoms with Gasteiger partial charge >= 0.3 is 5.97 Å². The average Bonchev–Trinajstić information content (AvgIpc) is 3.25. The summed E-state index contributed by atoms with van der Waals surface area (Å²) in [5.74, 6) is 0.0799. The molecular formula is C23H23NO4S. The van der Waals surface area contributed by atoms with E-state index in [1.807, 2.05) is 54.8 Å². The number of rotatable bonds is 6. The molecule has 2 aliphatic rings. The topological polar surface area (TPSA) is 64.6 Å². The molecule has 1 aliphatic carbocycles. The van der Waals surface area contributed by atoms with E-state index in [4.69, 9.17) is 9.47 Å². The van der Waals surface area contributed by atoms with Crippen LogP contribution in [-0.2, 0) is 14.3 Å². The summed E-state index contributed by atoms with van der Waals surface area (Å²) in [5, 5.41) is 5.27. The number of hydrogen-bond donors (Lipinski definition) is 1. The third kappa shape index (κ3) is 4.12. The fourth-order valence-corrected chi connectivity index (χ4v) is 4.73. The van der Waals surface area contributed by atoms with Gasteiger partial charge in [0.2, 0.25) is 0 Å². The van der Waals surface area contributed by atoms with Crippen molar-refractivity contribution in [3.63, 3.8) is 0 Å². The average molecular weight is 410 g/mol. The molecule has 1 aromatic carbocycles. The molecule has 0 amide bonds. The lowest BCUT2D eigenvalue weighted by atomic mass is 9.78. The first-order valence-electron chi connectivity index (χ1n) is 9.77. The summed E-state index contributed by atoms with van der Waals surface area (Å²) in [5.41, 5.74) is 2.94. The van der Waals surface area contributed by atoms with Crippen molar-refractivity contribution in [3.8, 4) is 5.75 Å². The monoisotopic (exact) mass is 409 g/mol. The second-order valence-corrected chi connectivity index (χ2v) is 8.06. The van der Waals surface area contributed by atoms with Crippen LogP contribution in [0.5, 0.6) is 5.75 Å². The maximum Gasteiger partial charge on any atom is 0.336 e. The van der Waals surface area contributed by atoms with E-state index in [0.29, 0.717) is 12.0 Å². The van der Waals surface area contributed by atoms with Gasteiger partial charge in [-0.15, -0.1) is 11.3 Å². The molecular weight excluding hydrogens is 386 g/mol. The highest BCUT2D eigenvalue weighted by atomic mass is 32.1. The molecule has 0 saturated carbocycles. The first kappa shape index (κ1) is 19.5. The minimum absolute atomic E-state index is 0.113. The van der Waals surface area contributed by atoms with Gasteiger partial charge < -0.3 is 14.8 Å². The minimum atomic E-state index is -0.407. The van der Waals surface area contributed by atoms with E-state index in [0.717, 1.165) is 40.4 Å². The van der Waals surface area contributed by atoms with E-state index in [-0.39, 0.29) is 24.9 Å². The number of dihydropyridines is 1. The lowest BCUT2D eigenvalue weighted by molar-refractivity contribution is -0.140. The summed E-state index contributed by atoms with van der Waals surface area (Å²) in [4.78, 5) is 26.7. The van der Waals surface area contributed by atoms with Crippen molar-refractivity contribution in [2.24, 2.45) is 0 Å². The second kappa shape index (κ2) is 8.66. The van der Waals surface area contributed by atoms with Crippen molar-refractivity contribution < 1.29 is 19.1 Å². The molecule has 0 unspecified atom stereocenters. The van der Waals surface area contributed by atoms with Crippen LogP contribution in [0.2, 0.25) is 0 Å². The maximum atomic E-state index is 13.0. The van der Waals surface area contributed by atoms with E-state index < -0.39 is 5.97 Å². The molecule has 5 nitrogen and oxygen atoms in total. The number of esters is 1. The molecule has 2 aromatic rings. The smallest absolute Gasteiger partial charge is 0.336 e. The molecule has 4 rings (SSSR count). The maximum absolute atomic E-state index is 13.0. The summed E-state index contributed by atoms with van der Waals surface area (Å²) in [7, 11) is 0. The van der Waals surface area contributed by atoms with Crippen molar-refractivity contribution in [1.82, 2.24) is 5.32 Å². The number of benzene rings is 1. The fourth-order valence-electron chi connectivity index (χ4n) is 3.88. The highest BCUT2D eigenvalue weighted by Crippen LogP contribution is 2.43. The van der Waals surface area contributed by atoms with Crippen molar-refractivity contribution in [3.05, 3.63) is 75.3 Å². The molecule has 0 bridgehead atoms. The lowest BCUT2D eigenvalue weighted by Gasteiger charge is -2.33. The van der Waals surface area contributed by atoms with Gasteiger partial charge in [0, 0.05) is 28.3 Å². The van der Waals surface area contributed by atoms with Crippen LogP contribution in [0.1, 0.15) is 37.0 Å². The Morgan fingerprint density at radius 3 is 2.72 bits per heavy atom. The molecule has 150 valence electrons. The zero-order chi connectivity index (χ0) is 20.2. The van der Waals surface area contributed by atoms with Gasteiger partial charge in [0.15, 0.2) is 5.78 Å². The van der Waals surface area contributed by atoms with Crippen LogP contribution in [0.25, 0.3) is 0 Å². The fraction of sp³-hybridized carbons (Fsp3) is 0.304. The van der Waals surface area contributed by atoms with Crippen molar-refractivity contribution in [1.29, 1.82) is 0 Å². The summed E-state index contributed by atoms with van der Waals surface area (Å²) in [6, 6.07) is 13.3. The van der Waals surface area contributed by atoms with Crippen LogP contribution in [-0.4, -0.2) is 25.0 Å². The molecule has 29 heavy (non-hydrogen) atoms. The molecule has 2 heterocycles. The first-order chi connectivity index (χ1) is 14.1. The standard InChI is InChI=1S/C23H23NO4S/c1-15-20(23(26)28-13-12-27-16-7-3-2-4-8-16)22(19-11-6-14-29-19)21-17(24-15)9-5-10-18(21)25/h2-4,6-8,11,14,22,24H,5,9-10,12-13H2,1H3/t22-/m1/s1. The number of allylic oxidation sites excluding steroid dienone is 3. The number of hydrogen-bond acceptors (Lipinski definition) is 6. The Kier molecular flexibility index (Phi) is 5.81. The number of carbonyl (C=O) groups is 2. The van der Waals surface area contributed by atoms with Crippen LogP contribution in [0, 0.1) is 0 Å².